The molecule has 120 valence electrons. The molecule has 0 radical (unpaired) electrons. The van der Waals surface area contributed by atoms with Crippen LogP contribution in [0.3, 0.4) is 0 Å². The molecule has 22 heavy (non-hydrogen) atoms. The summed E-state index contributed by atoms with van der Waals surface area (Å²) in [5, 5.41) is 8.45. The van der Waals surface area contributed by atoms with Crippen molar-refractivity contribution in [3.05, 3.63) is 55.9 Å². The number of thiophene rings is 1. The number of hydrogen-bond donors (Lipinski definition) is 2. The van der Waals surface area contributed by atoms with Crippen LogP contribution in [0.1, 0.15) is 16.0 Å². The number of hydrogen-bond acceptors (Lipinski definition) is 2. The molecule has 1 aromatic carbocycles. The third kappa shape index (κ3) is 5.85. The van der Waals surface area contributed by atoms with Crippen molar-refractivity contribution in [2.75, 3.05) is 7.05 Å². The van der Waals surface area contributed by atoms with E-state index in [0.717, 1.165) is 10.0 Å². The maximum absolute atomic E-state index is 13.5. The molecule has 0 fully saturated rings. The maximum Gasteiger partial charge on any atom is 0.191 e. The number of benzene rings is 1. The summed E-state index contributed by atoms with van der Waals surface area (Å²) >= 11 is 5.11. The second-order valence-electron chi connectivity index (χ2n) is 4.59. The fourth-order valence-corrected chi connectivity index (χ4v) is 3.16. The van der Waals surface area contributed by atoms with Crippen molar-refractivity contribution >= 4 is 57.2 Å². The molecule has 7 heteroatoms. The van der Waals surface area contributed by atoms with Crippen LogP contribution < -0.4 is 10.6 Å². The van der Waals surface area contributed by atoms with Gasteiger partial charge in [-0.1, -0.05) is 12.1 Å². The second-order valence-corrected chi connectivity index (χ2v) is 6.51. The molecule has 0 spiro atoms. The first-order valence-electron chi connectivity index (χ1n) is 6.51. The van der Waals surface area contributed by atoms with Gasteiger partial charge in [0.05, 0.1) is 6.54 Å². The van der Waals surface area contributed by atoms with Crippen molar-refractivity contribution in [3.8, 4) is 0 Å². The normalized spacial score (nSPS) is 11.0. The van der Waals surface area contributed by atoms with Crippen molar-refractivity contribution in [1.29, 1.82) is 0 Å². The summed E-state index contributed by atoms with van der Waals surface area (Å²) in [6.45, 7) is 3.00. The highest BCUT2D eigenvalue weighted by Gasteiger charge is 2.03. The predicted octanol–water partition coefficient (Wildman–Crippen LogP) is 4.44. The Hall–Kier alpha value is -0.670. The number of nitrogens with zero attached hydrogens (tertiary/aromatic N) is 1. The van der Waals surface area contributed by atoms with Crippen molar-refractivity contribution in [3.63, 3.8) is 0 Å². The van der Waals surface area contributed by atoms with Gasteiger partial charge in [-0.25, -0.2) is 4.39 Å². The number of halogens is 3. The smallest absolute Gasteiger partial charge is 0.191 e. The SMILES string of the molecule is CN=C(NCc1ccc(C)c(F)c1)NCc1cc(Br)cs1.I. The summed E-state index contributed by atoms with van der Waals surface area (Å²) in [7, 11) is 1.72. The molecular formula is C15H18BrFIN3S. The topological polar surface area (TPSA) is 36.4 Å². The molecule has 1 heterocycles. The van der Waals surface area contributed by atoms with E-state index in [0.29, 0.717) is 24.6 Å². The van der Waals surface area contributed by atoms with Crippen molar-refractivity contribution in [2.24, 2.45) is 4.99 Å². The van der Waals surface area contributed by atoms with Crippen LogP contribution in [-0.4, -0.2) is 13.0 Å². The number of aryl methyl sites for hydroxylation is 1. The molecule has 0 saturated heterocycles. The molecule has 2 N–H and O–H groups in total. The van der Waals surface area contributed by atoms with E-state index in [1.807, 2.05) is 11.4 Å². The zero-order valence-corrected chi connectivity index (χ0v) is 17.1. The van der Waals surface area contributed by atoms with Crippen LogP contribution in [-0.2, 0) is 13.1 Å². The lowest BCUT2D eigenvalue weighted by atomic mass is 10.1. The molecule has 0 bridgehead atoms. The highest BCUT2D eigenvalue weighted by molar-refractivity contribution is 14.0. The van der Waals surface area contributed by atoms with Crippen molar-refractivity contribution < 1.29 is 4.39 Å². The molecule has 1 aromatic heterocycles. The number of rotatable bonds is 4. The average molecular weight is 498 g/mol. The van der Waals surface area contributed by atoms with Crippen LogP contribution in [0.5, 0.6) is 0 Å². The van der Waals surface area contributed by atoms with E-state index >= 15 is 0 Å². The van der Waals surface area contributed by atoms with Crippen LogP contribution in [0.25, 0.3) is 0 Å². The van der Waals surface area contributed by atoms with Crippen LogP contribution in [0.2, 0.25) is 0 Å². The van der Waals surface area contributed by atoms with Gasteiger partial charge >= 0.3 is 0 Å². The standard InChI is InChI=1S/C15H17BrFN3S.HI/c1-10-3-4-11(5-14(10)17)7-19-15(18-2)20-8-13-6-12(16)9-21-13;/h3-6,9H,7-8H2,1-2H3,(H2,18,19,20);1H. The third-order valence-corrected chi connectivity index (χ3v) is 4.67. The third-order valence-electron chi connectivity index (χ3n) is 2.97. The average Bonchev–Trinajstić information content (AvgIpc) is 2.88. The minimum atomic E-state index is -0.180. The Morgan fingerprint density at radius 1 is 1.27 bits per heavy atom. The van der Waals surface area contributed by atoms with Crippen molar-refractivity contribution in [2.45, 2.75) is 20.0 Å². The Balaban J connectivity index is 0.00000242. The lowest BCUT2D eigenvalue weighted by Gasteiger charge is -2.11. The molecule has 2 rings (SSSR count). The van der Waals surface area contributed by atoms with E-state index in [1.54, 1.807) is 37.4 Å². The van der Waals surface area contributed by atoms with Gasteiger partial charge in [-0.15, -0.1) is 35.3 Å². The minimum absolute atomic E-state index is 0. The monoisotopic (exact) mass is 497 g/mol. The van der Waals surface area contributed by atoms with E-state index in [9.17, 15) is 4.39 Å². The first-order valence-corrected chi connectivity index (χ1v) is 8.18. The highest BCUT2D eigenvalue weighted by Crippen LogP contribution is 2.19. The van der Waals surface area contributed by atoms with E-state index < -0.39 is 0 Å². The zero-order valence-electron chi connectivity index (χ0n) is 12.3. The molecular weight excluding hydrogens is 480 g/mol. The van der Waals surface area contributed by atoms with E-state index in [2.05, 4.69) is 37.6 Å². The molecule has 0 atom stereocenters. The Bertz CT molecular complexity index is 645. The summed E-state index contributed by atoms with van der Waals surface area (Å²) in [6, 6.07) is 7.31. The molecule has 0 aliphatic heterocycles. The van der Waals surface area contributed by atoms with Crippen LogP contribution >= 0.6 is 51.2 Å². The Kier molecular flexibility index (Phi) is 8.34. The Morgan fingerprint density at radius 2 is 2.00 bits per heavy atom. The van der Waals surface area contributed by atoms with E-state index in [-0.39, 0.29) is 29.8 Å². The summed E-state index contributed by atoms with van der Waals surface area (Å²) in [5.41, 5.74) is 1.55. The minimum Gasteiger partial charge on any atom is -0.352 e. The molecule has 0 aliphatic carbocycles. The fourth-order valence-electron chi connectivity index (χ4n) is 1.77. The quantitative estimate of drug-likeness (QED) is 0.372. The molecule has 2 aromatic rings. The lowest BCUT2D eigenvalue weighted by Crippen LogP contribution is -2.36. The van der Waals surface area contributed by atoms with Gasteiger partial charge in [-0.2, -0.15) is 0 Å². The van der Waals surface area contributed by atoms with Gasteiger partial charge < -0.3 is 10.6 Å². The molecule has 0 amide bonds. The van der Waals surface area contributed by atoms with Gasteiger partial charge in [0.1, 0.15) is 5.82 Å². The van der Waals surface area contributed by atoms with Gasteiger partial charge in [-0.05, 0) is 46.1 Å². The Morgan fingerprint density at radius 3 is 2.59 bits per heavy atom. The van der Waals surface area contributed by atoms with Gasteiger partial charge in [-0.3, -0.25) is 4.99 Å². The molecule has 0 saturated carbocycles. The van der Waals surface area contributed by atoms with Crippen LogP contribution in [0, 0.1) is 12.7 Å². The van der Waals surface area contributed by atoms with Crippen LogP contribution in [0.15, 0.2) is 39.1 Å². The predicted molar refractivity (Wildman–Crippen MR) is 106 cm³/mol. The fraction of sp³-hybridized carbons (Fsp3) is 0.267. The highest BCUT2D eigenvalue weighted by atomic mass is 127. The second kappa shape index (κ2) is 9.46. The summed E-state index contributed by atoms with van der Waals surface area (Å²) in [5.74, 6) is 0.515. The molecule has 0 unspecified atom stereocenters. The number of nitrogens with one attached hydrogen (secondary N) is 2. The van der Waals surface area contributed by atoms with E-state index in [1.165, 1.54) is 4.88 Å². The van der Waals surface area contributed by atoms with Gasteiger partial charge in [0.15, 0.2) is 5.96 Å². The Labute approximate surface area is 159 Å². The maximum atomic E-state index is 13.5. The first kappa shape index (κ1) is 19.4. The number of guanidine groups is 1. The largest absolute Gasteiger partial charge is 0.352 e. The summed E-state index contributed by atoms with van der Waals surface area (Å²) < 4.78 is 14.6. The van der Waals surface area contributed by atoms with Gasteiger partial charge in [0.2, 0.25) is 0 Å². The summed E-state index contributed by atoms with van der Waals surface area (Å²) in [6.07, 6.45) is 0. The summed E-state index contributed by atoms with van der Waals surface area (Å²) in [4.78, 5) is 5.37. The lowest BCUT2D eigenvalue weighted by molar-refractivity contribution is 0.615. The molecule has 3 nitrogen and oxygen atoms in total. The van der Waals surface area contributed by atoms with Crippen molar-refractivity contribution in [1.82, 2.24) is 10.6 Å². The first-order chi connectivity index (χ1) is 10.1. The van der Waals surface area contributed by atoms with Crippen LogP contribution in [0.4, 0.5) is 4.39 Å². The van der Waals surface area contributed by atoms with Gasteiger partial charge in [0, 0.05) is 28.3 Å². The molecule has 0 aliphatic rings. The van der Waals surface area contributed by atoms with E-state index in [4.69, 9.17) is 0 Å². The number of aliphatic imine (C=N–C) groups is 1. The van der Waals surface area contributed by atoms with Gasteiger partial charge in [0.25, 0.3) is 0 Å². The zero-order chi connectivity index (χ0) is 15.2.